The highest BCUT2D eigenvalue weighted by molar-refractivity contribution is 7.90. The second-order valence-electron chi connectivity index (χ2n) is 5.49. The molecule has 0 aliphatic heterocycles. The fourth-order valence-corrected chi connectivity index (χ4v) is 4.29. The maximum absolute atomic E-state index is 12.1. The fraction of sp³-hybridized carbons (Fsp3) is 0.353. The van der Waals surface area contributed by atoms with Crippen molar-refractivity contribution in [2.75, 3.05) is 17.7 Å². The van der Waals surface area contributed by atoms with Crippen LogP contribution in [-0.4, -0.2) is 37.6 Å². The zero-order chi connectivity index (χ0) is 19.0. The number of sulfone groups is 1. The van der Waals surface area contributed by atoms with Gasteiger partial charge in [-0.05, 0) is 18.9 Å². The largest absolute Gasteiger partial charge is 0.461 e. The van der Waals surface area contributed by atoms with Crippen molar-refractivity contribution >= 4 is 38.2 Å². The SMILES string of the molecule is CCOC(=O)c1csc(NC(=O)CCCS(=O)(=O)Cc2ccccc2)n1. The Balaban J connectivity index is 1.77. The molecular formula is C17H20N2O5S2. The summed E-state index contributed by atoms with van der Waals surface area (Å²) in [6, 6.07) is 8.92. The van der Waals surface area contributed by atoms with Crippen LogP contribution in [0.3, 0.4) is 0 Å². The Bertz CT molecular complexity index is 847. The molecule has 1 heterocycles. The van der Waals surface area contributed by atoms with Crippen LogP contribution in [0.1, 0.15) is 35.8 Å². The predicted molar refractivity (Wildman–Crippen MR) is 99.9 cm³/mol. The maximum Gasteiger partial charge on any atom is 0.357 e. The molecule has 26 heavy (non-hydrogen) atoms. The number of benzene rings is 1. The van der Waals surface area contributed by atoms with Crippen LogP contribution in [0.2, 0.25) is 0 Å². The van der Waals surface area contributed by atoms with E-state index >= 15 is 0 Å². The molecule has 7 nitrogen and oxygen atoms in total. The first-order valence-corrected chi connectivity index (χ1v) is 10.8. The Kier molecular flexibility index (Phi) is 7.28. The summed E-state index contributed by atoms with van der Waals surface area (Å²) in [5.74, 6) is -0.993. The molecule has 9 heteroatoms. The van der Waals surface area contributed by atoms with Crippen LogP contribution >= 0.6 is 11.3 Å². The van der Waals surface area contributed by atoms with Gasteiger partial charge in [-0.1, -0.05) is 30.3 Å². The normalized spacial score (nSPS) is 11.1. The number of aromatic nitrogens is 1. The van der Waals surface area contributed by atoms with Gasteiger partial charge in [-0.2, -0.15) is 0 Å². The van der Waals surface area contributed by atoms with E-state index in [0.717, 1.165) is 16.9 Å². The number of amides is 1. The second-order valence-corrected chi connectivity index (χ2v) is 8.53. The number of esters is 1. The lowest BCUT2D eigenvalue weighted by Gasteiger charge is -2.05. The van der Waals surface area contributed by atoms with Crippen molar-refractivity contribution in [1.82, 2.24) is 4.98 Å². The zero-order valence-electron chi connectivity index (χ0n) is 14.3. The lowest BCUT2D eigenvalue weighted by atomic mass is 10.2. The number of ether oxygens (including phenoxy) is 1. The lowest BCUT2D eigenvalue weighted by Crippen LogP contribution is -2.15. The molecule has 1 aromatic carbocycles. The van der Waals surface area contributed by atoms with Crippen LogP contribution < -0.4 is 5.32 Å². The third-order valence-corrected chi connectivity index (χ3v) is 5.77. The Morgan fingerprint density at radius 1 is 1.23 bits per heavy atom. The van der Waals surface area contributed by atoms with E-state index in [4.69, 9.17) is 4.74 Å². The van der Waals surface area contributed by atoms with Gasteiger partial charge in [0.25, 0.3) is 0 Å². The number of nitrogens with one attached hydrogen (secondary N) is 1. The molecule has 0 aliphatic carbocycles. The number of anilines is 1. The van der Waals surface area contributed by atoms with Gasteiger partial charge in [-0.15, -0.1) is 11.3 Å². The minimum absolute atomic E-state index is 0.0369. The van der Waals surface area contributed by atoms with Gasteiger partial charge >= 0.3 is 5.97 Å². The molecule has 1 aromatic heterocycles. The van der Waals surface area contributed by atoms with E-state index < -0.39 is 15.8 Å². The molecule has 0 saturated heterocycles. The quantitative estimate of drug-likeness (QED) is 0.654. The summed E-state index contributed by atoms with van der Waals surface area (Å²) in [6.07, 6.45) is 0.277. The molecule has 140 valence electrons. The van der Waals surface area contributed by atoms with Gasteiger partial charge in [0.15, 0.2) is 20.7 Å². The van der Waals surface area contributed by atoms with Crippen molar-refractivity contribution in [2.45, 2.75) is 25.5 Å². The number of rotatable bonds is 9. The molecule has 0 aliphatic rings. The molecule has 1 amide bonds. The number of nitrogens with zero attached hydrogens (tertiary/aromatic N) is 1. The number of hydrogen-bond acceptors (Lipinski definition) is 7. The number of thiazole rings is 1. The van der Waals surface area contributed by atoms with Crippen molar-refractivity contribution in [1.29, 1.82) is 0 Å². The van der Waals surface area contributed by atoms with Crippen molar-refractivity contribution in [3.63, 3.8) is 0 Å². The number of carbonyl (C=O) groups is 2. The highest BCUT2D eigenvalue weighted by Crippen LogP contribution is 2.17. The number of carbonyl (C=O) groups excluding carboxylic acids is 2. The first-order chi connectivity index (χ1) is 12.4. The molecular weight excluding hydrogens is 376 g/mol. The van der Waals surface area contributed by atoms with E-state index in [-0.39, 0.29) is 47.7 Å². The Morgan fingerprint density at radius 2 is 1.96 bits per heavy atom. The van der Waals surface area contributed by atoms with E-state index in [0.29, 0.717) is 0 Å². The van der Waals surface area contributed by atoms with Crippen molar-refractivity contribution in [3.8, 4) is 0 Å². The average molecular weight is 396 g/mol. The van der Waals surface area contributed by atoms with Crippen LogP contribution in [0.15, 0.2) is 35.7 Å². The minimum atomic E-state index is -3.27. The van der Waals surface area contributed by atoms with Crippen molar-refractivity contribution in [3.05, 3.63) is 47.0 Å². The van der Waals surface area contributed by atoms with Crippen molar-refractivity contribution in [2.24, 2.45) is 0 Å². The fourth-order valence-electron chi connectivity index (χ4n) is 2.16. The third kappa shape index (κ3) is 6.57. The smallest absolute Gasteiger partial charge is 0.357 e. The summed E-state index contributed by atoms with van der Waals surface area (Å²) in [7, 11) is -3.27. The van der Waals surface area contributed by atoms with E-state index in [1.165, 1.54) is 5.38 Å². The zero-order valence-corrected chi connectivity index (χ0v) is 15.9. The van der Waals surface area contributed by atoms with E-state index in [1.54, 1.807) is 31.2 Å². The summed E-state index contributed by atoms with van der Waals surface area (Å²) in [4.78, 5) is 27.4. The van der Waals surface area contributed by atoms with Gasteiger partial charge in [0.2, 0.25) is 5.91 Å². The maximum atomic E-state index is 12.1. The van der Waals surface area contributed by atoms with Crippen molar-refractivity contribution < 1.29 is 22.7 Å². The van der Waals surface area contributed by atoms with Crippen LogP contribution in [0.25, 0.3) is 0 Å². The van der Waals surface area contributed by atoms with Crippen LogP contribution in [0.5, 0.6) is 0 Å². The van der Waals surface area contributed by atoms with E-state index in [9.17, 15) is 18.0 Å². The summed E-state index contributed by atoms with van der Waals surface area (Å²) >= 11 is 1.11. The Morgan fingerprint density at radius 3 is 2.65 bits per heavy atom. The molecule has 1 N–H and O–H groups in total. The Hall–Kier alpha value is -2.26. The molecule has 0 unspecified atom stereocenters. The monoisotopic (exact) mass is 396 g/mol. The summed E-state index contributed by atoms with van der Waals surface area (Å²) < 4.78 is 29.0. The van der Waals surface area contributed by atoms with E-state index in [1.807, 2.05) is 6.07 Å². The molecule has 0 spiro atoms. The summed E-state index contributed by atoms with van der Waals surface area (Å²) in [5.41, 5.74) is 0.865. The lowest BCUT2D eigenvalue weighted by molar-refractivity contribution is -0.116. The molecule has 0 fully saturated rings. The highest BCUT2D eigenvalue weighted by Gasteiger charge is 2.15. The topological polar surface area (TPSA) is 102 Å². The van der Waals surface area contributed by atoms with Gasteiger partial charge in [-0.25, -0.2) is 18.2 Å². The predicted octanol–water partition coefficient (Wildman–Crippen LogP) is 2.65. The average Bonchev–Trinajstić information content (AvgIpc) is 3.04. The second kappa shape index (κ2) is 9.44. The molecule has 0 saturated carbocycles. The molecule has 0 bridgehead atoms. The first kappa shape index (κ1) is 20.1. The molecule has 2 rings (SSSR count). The molecule has 2 aromatic rings. The summed E-state index contributed by atoms with van der Waals surface area (Å²) in [6.45, 7) is 1.94. The van der Waals surface area contributed by atoms with E-state index in [2.05, 4.69) is 10.3 Å². The van der Waals surface area contributed by atoms with Crippen LogP contribution in [0, 0.1) is 0 Å². The van der Waals surface area contributed by atoms with Gasteiger partial charge < -0.3 is 10.1 Å². The van der Waals surface area contributed by atoms with Gasteiger partial charge in [0, 0.05) is 11.8 Å². The number of hydrogen-bond donors (Lipinski definition) is 1. The summed E-state index contributed by atoms with van der Waals surface area (Å²) in [5, 5.41) is 4.34. The first-order valence-electron chi connectivity index (χ1n) is 8.06. The highest BCUT2D eigenvalue weighted by atomic mass is 32.2. The Labute approximate surface area is 156 Å². The standard InChI is InChI=1S/C17H20N2O5S2/c1-2-24-16(21)14-11-25-17(18-14)19-15(20)9-6-10-26(22,23)12-13-7-4-3-5-8-13/h3-5,7-8,11H,2,6,9-10,12H2,1H3,(H,18,19,20). The molecule has 0 radical (unpaired) electrons. The van der Waals surface area contributed by atoms with Crippen LogP contribution in [-0.2, 0) is 25.1 Å². The molecule has 0 atom stereocenters. The van der Waals surface area contributed by atoms with Gasteiger partial charge in [-0.3, -0.25) is 4.79 Å². The third-order valence-electron chi connectivity index (χ3n) is 3.32. The minimum Gasteiger partial charge on any atom is -0.461 e. The van der Waals surface area contributed by atoms with Gasteiger partial charge in [0.05, 0.1) is 18.1 Å². The van der Waals surface area contributed by atoms with Crippen LogP contribution in [0.4, 0.5) is 5.13 Å². The van der Waals surface area contributed by atoms with Gasteiger partial charge in [0.1, 0.15) is 0 Å².